The molecule has 0 unspecified atom stereocenters. The number of hydrogen-bond donors (Lipinski definition) is 1. The van der Waals surface area contributed by atoms with Crippen LogP contribution in [0, 0.1) is 6.92 Å². The maximum absolute atomic E-state index is 12.5. The molecule has 3 rings (SSSR count). The first kappa shape index (κ1) is 22.1. The van der Waals surface area contributed by atoms with Gasteiger partial charge in [0.05, 0.1) is 24.5 Å². The van der Waals surface area contributed by atoms with E-state index < -0.39 is 0 Å². The molecule has 1 aliphatic rings. The molecule has 9 heteroatoms. The summed E-state index contributed by atoms with van der Waals surface area (Å²) in [7, 11) is 3.25. The second kappa shape index (κ2) is 9.92. The average Bonchev–Trinajstić information content (AvgIpc) is 2.77. The molecule has 0 spiro atoms. The van der Waals surface area contributed by atoms with Gasteiger partial charge in [0.1, 0.15) is 12.0 Å². The molecule has 0 atom stereocenters. The lowest BCUT2D eigenvalue weighted by molar-refractivity contribution is -0.128. The van der Waals surface area contributed by atoms with E-state index in [1.54, 1.807) is 37.5 Å². The number of rotatable bonds is 7. The summed E-state index contributed by atoms with van der Waals surface area (Å²) in [4.78, 5) is 43.6. The third kappa shape index (κ3) is 5.30. The van der Waals surface area contributed by atoms with Crippen molar-refractivity contribution in [3.63, 3.8) is 0 Å². The molecule has 3 heterocycles. The number of likely N-dealkylation sites (N-methyl/N-ethyl adjacent to an activating group) is 1. The van der Waals surface area contributed by atoms with Crippen LogP contribution in [0.1, 0.15) is 24.1 Å². The quantitative estimate of drug-likeness (QED) is 0.666. The van der Waals surface area contributed by atoms with Gasteiger partial charge in [-0.1, -0.05) is 0 Å². The lowest BCUT2D eigenvalue weighted by Gasteiger charge is -2.32. The number of nitrogens with one attached hydrogen (secondary N) is 1. The lowest BCUT2D eigenvalue weighted by Crippen LogP contribution is -2.43. The second-order valence-electron chi connectivity index (χ2n) is 7.59. The summed E-state index contributed by atoms with van der Waals surface area (Å²) in [5, 5.41) is 11.2. The highest BCUT2D eigenvalue weighted by Crippen LogP contribution is 2.22. The van der Waals surface area contributed by atoms with Crippen molar-refractivity contribution in [1.29, 1.82) is 0 Å². The minimum atomic E-state index is -0.276. The Balaban J connectivity index is 1.62. The van der Waals surface area contributed by atoms with Crippen molar-refractivity contribution in [2.45, 2.75) is 26.3 Å². The normalized spacial score (nSPS) is 13.7. The van der Waals surface area contributed by atoms with Gasteiger partial charge < -0.3 is 15.1 Å². The zero-order chi connectivity index (χ0) is 22.4. The third-order valence-electron chi connectivity index (χ3n) is 5.08. The first-order valence-corrected chi connectivity index (χ1v) is 10.1. The SMILES string of the molecule is Cc1ccncc1-c1ccc(CNC(=O)CN2CCCC(C=O)=C2C(=O)N(C)C)nn1. The largest absolute Gasteiger partial charge is 0.357 e. The number of carbonyl (C=O) groups is 3. The lowest BCUT2D eigenvalue weighted by atomic mass is 10.0. The summed E-state index contributed by atoms with van der Waals surface area (Å²) in [6.45, 7) is 2.73. The average molecular weight is 422 g/mol. The van der Waals surface area contributed by atoms with Crippen molar-refractivity contribution in [2.75, 3.05) is 27.2 Å². The molecule has 1 N–H and O–H groups in total. The molecule has 162 valence electrons. The van der Waals surface area contributed by atoms with Crippen LogP contribution in [0.5, 0.6) is 0 Å². The van der Waals surface area contributed by atoms with Crippen LogP contribution in [0.4, 0.5) is 0 Å². The van der Waals surface area contributed by atoms with Crippen LogP contribution in [0.3, 0.4) is 0 Å². The molecule has 1 aliphatic heterocycles. The number of carbonyl (C=O) groups excluding carboxylic acids is 3. The summed E-state index contributed by atoms with van der Waals surface area (Å²) in [5.74, 6) is -0.535. The topological polar surface area (TPSA) is 108 Å². The molecule has 2 aromatic heterocycles. The van der Waals surface area contributed by atoms with E-state index in [9.17, 15) is 14.4 Å². The summed E-state index contributed by atoms with van der Waals surface area (Å²) in [6, 6.07) is 5.56. The number of aldehydes is 1. The van der Waals surface area contributed by atoms with E-state index >= 15 is 0 Å². The van der Waals surface area contributed by atoms with Crippen LogP contribution in [0.2, 0.25) is 0 Å². The zero-order valence-corrected chi connectivity index (χ0v) is 18.0. The van der Waals surface area contributed by atoms with E-state index in [1.165, 1.54) is 4.90 Å². The van der Waals surface area contributed by atoms with Gasteiger partial charge in [-0.3, -0.25) is 19.4 Å². The number of nitrogens with zero attached hydrogens (tertiary/aromatic N) is 5. The molecule has 9 nitrogen and oxygen atoms in total. The van der Waals surface area contributed by atoms with E-state index in [-0.39, 0.29) is 24.9 Å². The molecule has 0 saturated heterocycles. The van der Waals surface area contributed by atoms with Gasteiger partial charge in [0, 0.05) is 44.2 Å². The summed E-state index contributed by atoms with van der Waals surface area (Å²) in [6.07, 6.45) is 5.43. The second-order valence-corrected chi connectivity index (χ2v) is 7.59. The molecular formula is C22H26N6O3. The molecule has 0 fully saturated rings. The monoisotopic (exact) mass is 422 g/mol. The van der Waals surface area contributed by atoms with Gasteiger partial charge in [0.25, 0.3) is 5.91 Å². The molecular weight excluding hydrogens is 396 g/mol. The Morgan fingerprint density at radius 3 is 2.68 bits per heavy atom. The number of hydrogen-bond acceptors (Lipinski definition) is 7. The Labute approximate surface area is 181 Å². The van der Waals surface area contributed by atoms with Crippen molar-refractivity contribution < 1.29 is 14.4 Å². The van der Waals surface area contributed by atoms with Crippen molar-refractivity contribution in [3.8, 4) is 11.3 Å². The van der Waals surface area contributed by atoms with Gasteiger partial charge in [-0.15, -0.1) is 0 Å². The first-order chi connectivity index (χ1) is 14.9. The minimum Gasteiger partial charge on any atom is -0.357 e. The Hall–Kier alpha value is -3.62. The minimum absolute atomic E-state index is 0.00730. The Morgan fingerprint density at radius 2 is 2.03 bits per heavy atom. The number of amides is 2. The zero-order valence-electron chi connectivity index (χ0n) is 18.0. The molecule has 2 amide bonds. The fraction of sp³-hybridized carbons (Fsp3) is 0.364. The van der Waals surface area contributed by atoms with Crippen molar-refractivity contribution in [2.24, 2.45) is 0 Å². The number of aryl methyl sites for hydroxylation is 1. The van der Waals surface area contributed by atoms with E-state index in [1.807, 2.05) is 19.1 Å². The highest BCUT2D eigenvalue weighted by atomic mass is 16.2. The molecule has 2 aromatic rings. The van der Waals surface area contributed by atoms with Crippen LogP contribution in [-0.2, 0) is 20.9 Å². The molecule has 0 aliphatic carbocycles. The summed E-state index contributed by atoms with van der Waals surface area (Å²) < 4.78 is 0. The Bertz CT molecular complexity index is 1000. The van der Waals surface area contributed by atoms with E-state index in [0.29, 0.717) is 48.3 Å². The fourth-order valence-electron chi connectivity index (χ4n) is 3.40. The maximum atomic E-state index is 12.5. The van der Waals surface area contributed by atoms with Crippen LogP contribution in [-0.4, -0.2) is 70.3 Å². The highest BCUT2D eigenvalue weighted by Gasteiger charge is 2.28. The molecule has 0 bridgehead atoms. The maximum Gasteiger partial charge on any atom is 0.270 e. The van der Waals surface area contributed by atoms with Gasteiger partial charge in [-0.2, -0.15) is 10.2 Å². The smallest absolute Gasteiger partial charge is 0.270 e. The molecule has 0 saturated carbocycles. The van der Waals surface area contributed by atoms with E-state index in [0.717, 1.165) is 11.1 Å². The van der Waals surface area contributed by atoms with Gasteiger partial charge in [0.2, 0.25) is 5.91 Å². The molecule has 0 aromatic carbocycles. The number of aromatic nitrogens is 3. The Kier molecular flexibility index (Phi) is 7.07. The van der Waals surface area contributed by atoms with Gasteiger partial charge in [-0.05, 0) is 43.5 Å². The predicted octanol–water partition coefficient (Wildman–Crippen LogP) is 1.10. The molecule has 0 radical (unpaired) electrons. The van der Waals surface area contributed by atoms with Crippen molar-refractivity contribution in [3.05, 3.63) is 53.1 Å². The van der Waals surface area contributed by atoms with Gasteiger partial charge in [0.15, 0.2) is 0 Å². The molecule has 31 heavy (non-hydrogen) atoms. The fourth-order valence-corrected chi connectivity index (χ4v) is 3.40. The van der Waals surface area contributed by atoms with Crippen LogP contribution >= 0.6 is 0 Å². The first-order valence-electron chi connectivity index (χ1n) is 10.1. The third-order valence-corrected chi connectivity index (χ3v) is 5.08. The van der Waals surface area contributed by atoms with Crippen molar-refractivity contribution in [1.82, 2.24) is 30.3 Å². The predicted molar refractivity (Wildman–Crippen MR) is 114 cm³/mol. The van der Waals surface area contributed by atoms with Crippen LogP contribution < -0.4 is 5.32 Å². The summed E-state index contributed by atoms with van der Waals surface area (Å²) >= 11 is 0. The van der Waals surface area contributed by atoms with Gasteiger partial charge >= 0.3 is 0 Å². The van der Waals surface area contributed by atoms with Gasteiger partial charge in [-0.25, -0.2) is 0 Å². The highest BCUT2D eigenvalue weighted by molar-refractivity contribution is 5.99. The number of allylic oxidation sites excluding steroid dienone is 1. The van der Waals surface area contributed by atoms with Crippen molar-refractivity contribution >= 4 is 18.1 Å². The Morgan fingerprint density at radius 1 is 1.23 bits per heavy atom. The standard InChI is InChI=1S/C22H26N6O3/c1-15-8-9-23-12-18(15)19-7-6-17(25-26-19)11-24-20(30)13-28-10-4-5-16(14-29)21(28)22(31)27(2)3/h6-9,12,14H,4-5,10-11,13H2,1-3H3,(H,24,30). The van der Waals surface area contributed by atoms with Crippen LogP contribution in [0.15, 0.2) is 41.9 Å². The summed E-state index contributed by atoms with van der Waals surface area (Å²) in [5.41, 5.74) is 4.03. The van der Waals surface area contributed by atoms with Crippen LogP contribution in [0.25, 0.3) is 11.3 Å². The van der Waals surface area contributed by atoms with E-state index in [2.05, 4.69) is 20.5 Å². The number of pyridine rings is 1. The van der Waals surface area contributed by atoms with E-state index in [4.69, 9.17) is 0 Å².